The van der Waals surface area contributed by atoms with Gasteiger partial charge in [-0.3, -0.25) is 9.89 Å². The first kappa shape index (κ1) is 17.4. The third-order valence-electron chi connectivity index (χ3n) is 4.86. The lowest BCUT2D eigenvalue weighted by Crippen LogP contribution is -2.32. The predicted molar refractivity (Wildman–Crippen MR) is 101 cm³/mol. The molecule has 0 radical (unpaired) electrons. The van der Waals surface area contributed by atoms with Gasteiger partial charge in [0.15, 0.2) is 0 Å². The molecule has 1 atom stereocenters. The fourth-order valence-corrected chi connectivity index (χ4v) is 3.43. The number of hydrogen-bond acceptors (Lipinski definition) is 3. The molecule has 1 saturated heterocycles. The molecule has 5 nitrogen and oxygen atoms in total. The molecular weight excluding hydrogens is 343 g/mol. The van der Waals surface area contributed by atoms with Gasteiger partial charge in [-0.25, -0.2) is 4.39 Å². The quantitative estimate of drug-likeness (QED) is 0.707. The third kappa shape index (κ3) is 4.06. The molecule has 27 heavy (non-hydrogen) atoms. The van der Waals surface area contributed by atoms with E-state index in [1.54, 1.807) is 18.3 Å². The molecule has 0 saturated carbocycles. The maximum absolute atomic E-state index is 13.1. The molecule has 0 bridgehead atoms. The summed E-state index contributed by atoms with van der Waals surface area (Å²) in [6.07, 6.45) is 2.26. The molecule has 2 aromatic carbocycles. The minimum Gasteiger partial charge on any atom is -0.337 e. The van der Waals surface area contributed by atoms with Crippen molar-refractivity contribution in [2.45, 2.75) is 25.6 Å². The van der Waals surface area contributed by atoms with Crippen LogP contribution in [0.5, 0.6) is 0 Å². The number of benzene rings is 2. The Morgan fingerprint density at radius 3 is 2.70 bits per heavy atom. The van der Waals surface area contributed by atoms with Crippen molar-refractivity contribution in [2.24, 2.45) is 0 Å². The van der Waals surface area contributed by atoms with Crippen molar-refractivity contribution in [3.8, 4) is 11.3 Å². The molecule has 0 spiro atoms. The molecule has 6 heteroatoms. The lowest BCUT2D eigenvalue weighted by molar-refractivity contribution is -0.128. The number of aromatic nitrogens is 2. The molecule has 2 heterocycles. The van der Waals surface area contributed by atoms with Crippen molar-refractivity contribution >= 4 is 5.91 Å². The summed E-state index contributed by atoms with van der Waals surface area (Å²) in [5.74, 6) is -0.0942. The fraction of sp³-hybridized carbons (Fsp3) is 0.238. The molecule has 1 aromatic heterocycles. The van der Waals surface area contributed by atoms with Gasteiger partial charge < -0.3 is 10.2 Å². The van der Waals surface area contributed by atoms with E-state index in [1.807, 2.05) is 35.2 Å². The summed E-state index contributed by atoms with van der Waals surface area (Å²) in [6, 6.07) is 16.5. The second kappa shape index (κ2) is 7.72. The number of carbonyl (C=O) groups excluding carboxylic acids is 1. The van der Waals surface area contributed by atoms with Crippen LogP contribution in [0, 0.1) is 5.82 Å². The SMILES string of the molecule is O=C1CC(NCc2cn[nH]c2-c2ccc(F)cc2)CN1Cc1ccccc1. The van der Waals surface area contributed by atoms with Crippen LogP contribution in [-0.4, -0.2) is 33.6 Å². The van der Waals surface area contributed by atoms with Crippen LogP contribution in [0.15, 0.2) is 60.8 Å². The predicted octanol–water partition coefficient (Wildman–Crippen LogP) is 3.11. The average molecular weight is 364 g/mol. The number of aromatic amines is 1. The van der Waals surface area contributed by atoms with E-state index in [4.69, 9.17) is 0 Å². The lowest BCUT2D eigenvalue weighted by atomic mass is 10.1. The summed E-state index contributed by atoms with van der Waals surface area (Å²) in [5.41, 5.74) is 3.89. The van der Waals surface area contributed by atoms with Crippen molar-refractivity contribution < 1.29 is 9.18 Å². The zero-order chi connectivity index (χ0) is 18.6. The number of halogens is 1. The second-order valence-corrected chi connectivity index (χ2v) is 6.82. The summed E-state index contributed by atoms with van der Waals surface area (Å²) in [5, 5.41) is 10.5. The molecule has 1 fully saturated rings. The number of amides is 1. The number of likely N-dealkylation sites (tertiary alicyclic amines) is 1. The monoisotopic (exact) mass is 364 g/mol. The third-order valence-corrected chi connectivity index (χ3v) is 4.86. The molecule has 4 rings (SSSR count). The Morgan fingerprint density at radius 2 is 1.93 bits per heavy atom. The Hall–Kier alpha value is -2.99. The van der Waals surface area contributed by atoms with Crippen LogP contribution in [-0.2, 0) is 17.9 Å². The van der Waals surface area contributed by atoms with Crippen LogP contribution in [0.4, 0.5) is 4.39 Å². The Balaban J connectivity index is 1.37. The number of hydrogen-bond donors (Lipinski definition) is 2. The van der Waals surface area contributed by atoms with Gasteiger partial charge in [-0.05, 0) is 29.8 Å². The standard InChI is InChI=1S/C21H21FN4O/c22-18-8-6-16(7-9-18)21-17(12-24-25-21)11-23-19-10-20(27)26(14-19)13-15-4-2-1-3-5-15/h1-9,12,19,23H,10-11,13-14H2,(H,24,25). The minimum absolute atomic E-state index is 0.109. The molecule has 1 aliphatic rings. The molecule has 1 aliphatic heterocycles. The van der Waals surface area contributed by atoms with E-state index in [0.717, 1.165) is 22.4 Å². The van der Waals surface area contributed by atoms with E-state index in [9.17, 15) is 9.18 Å². The topological polar surface area (TPSA) is 61.0 Å². The summed E-state index contributed by atoms with van der Waals surface area (Å²) in [6.45, 7) is 1.93. The largest absolute Gasteiger partial charge is 0.337 e. The Bertz CT molecular complexity index is 907. The molecule has 3 aromatic rings. The lowest BCUT2D eigenvalue weighted by Gasteiger charge is -2.17. The minimum atomic E-state index is -0.263. The normalized spacial score (nSPS) is 16.9. The van der Waals surface area contributed by atoms with Crippen molar-refractivity contribution in [1.82, 2.24) is 20.4 Å². The maximum Gasteiger partial charge on any atom is 0.224 e. The molecular formula is C21H21FN4O. The van der Waals surface area contributed by atoms with Gasteiger partial charge in [0.25, 0.3) is 0 Å². The van der Waals surface area contributed by atoms with Crippen LogP contribution in [0.25, 0.3) is 11.3 Å². The summed E-state index contributed by atoms with van der Waals surface area (Å²) in [4.78, 5) is 14.2. The molecule has 2 N–H and O–H groups in total. The first-order valence-electron chi connectivity index (χ1n) is 9.02. The zero-order valence-corrected chi connectivity index (χ0v) is 14.9. The van der Waals surface area contributed by atoms with E-state index >= 15 is 0 Å². The average Bonchev–Trinajstić information content (AvgIpc) is 3.28. The maximum atomic E-state index is 13.1. The summed E-state index contributed by atoms with van der Waals surface area (Å²) >= 11 is 0. The van der Waals surface area contributed by atoms with Gasteiger partial charge in [-0.1, -0.05) is 30.3 Å². The number of H-pyrrole nitrogens is 1. The second-order valence-electron chi connectivity index (χ2n) is 6.82. The van der Waals surface area contributed by atoms with E-state index < -0.39 is 0 Å². The van der Waals surface area contributed by atoms with Crippen LogP contribution in [0.3, 0.4) is 0 Å². The van der Waals surface area contributed by atoms with Gasteiger partial charge >= 0.3 is 0 Å². The van der Waals surface area contributed by atoms with Gasteiger partial charge in [0, 0.05) is 43.2 Å². The van der Waals surface area contributed by atoms with Gasteiger partial charge in [0.05, 0.1) is 11.9 Å². The Labute approximate surface area is 157 Å². The number of nitrogens with one attached hydrogen (secondary N) is 2. The highest BCUT2D eigenvalue weighted by Crippen LogP contribution is 2.22. The molecule has 1 unspecified atom stereocenters. The highest BCUT2D eigenvalue weighted by Gasteiger charge is 2.29. The highest BCUT2D eigenvalue weighted by molar-refractivity contribution is 5.79. The smallest absolute Gasteiger partial charge is 0.224 e. The van der Waals surface area contributed by atoms with Gasteiger partial charge in [-0.2, -0.15) is 5.10 Å². The van der Waals surface area contributed by atoms with Crippen molar-refractivity contribution in [2.75, 3.05) is 6.54 Å². The zero-order valence-electron chi connectivity index (χ0n) is 14.9. The fourth-order valence-electron chi connectivity index (χ4n) is 3.43. The molecule has 1 amide bonds. The number of nitrogens with zero attached hydrogens (tertiary/aromatic N) is 2. The van der Waals surface area contributed by atoms with Crippen LogP contribution in [0.2, 0.25) is 0 Å². The summed E-state index contributed by atoms with van der Waals surface area (Å²) < 4.78 is 13.1. The Kier molecular flexibility index (Phi) is 4.98. The van der Waals surface area contributed by atoms with E-state index in [1.165, 1.54) is 12.1 Å². The first-order valence-corrected chi connectivity index (χ1v) is 9.02. The van der Waals surface area contributed by atoms with E-state index in [0.29, 0.717) is 26.1 Å². The molecule has 0 aliphatic carbocycles. The first-order chi connectivity index (χ1) is 13.2. The van der Waals surface area contributed by atoms with E-state index in [2.05, 4.69) is 15.5 Å². The van der Waals surface area contributed by atoms with Crippen LogP contribution in [0.1, 0.15) is 17.5 Å². The van der Waals surface area contributed by atoms with Crippen LogP contribution < -0.4 is 5.32 Å². The van der Waals surface area contributed by atoms with Crippen LogP contribution >= 0.6 is 0 Å². The van der Waals surface area contributed by atoms with Gasteiger partial charge in [-0.15, -0.1) is 0 Å². The number of rotatable bonds is 6. The van der Waals surface area contributed by atoms with Crippen molar-refractivity contribution in [3.05, 3.63) is 77.7 Å². The highest BCUT2D eigenvalue weighted by atomic mass is 19.1. The van der Waals surface area contributed by atoms with Crippen molar-refractivity contribution in [3.63, 3.8) is 0 Å². The van der Waals surface area contributed by atoms with Crippen molar-refractivity contribution in [1.29, 1.82) is 0 Å². The Morgan fingerprint density at radius 1 is 1.15 bits per heavy atom. The summed E-state index contributed by atoms with van der Waals surface area (Å²) in [7, 11) is 0. The van der Waals surface area contributed by atoms with E-state index in [-0.39, 0.29) is 17.8 Å². The molecule has 138 valence electrons. The van der Waals surface area contributed by atoms with Gasteiger partial charge in [0.2, 0.25) is 5.91 Å². The number of carbonyl (C=O) groups is 1. The van der Waals surface area contributed by atoms with Gasteiger partial charge in [0.1, 0.15) is 5.82 Å².